The van der Waals surface area contributed by atoms with Crippen LogP contribution in [0.5, 0.6) is 0 Å². The number of hydrogen-bond acceptors (Lipinski definition) is 3. The van der Waals surface area contributed by atoms with Crippen molar-refractivity contribution in [2.24, 2.45) is 11.7 Å². The molecular formula is C13H21N3. The van der Waals surface area contributed by atoms with Crippen LogP contribution < -0.4 is 10.6 Å². The van der Waals surface area contributed by atoms with Crippen molar-refractivity contribution in [2.45, 2.75) is 33.2 Å². The first-order valence-electron chi connectivity index (χ1n) is 6.11. The Bertz CT molecular complexity index is 354. The largest absolute Gasteiger partial charge is 0.357 e. The summed E-state index contributed by atoms with van der Waals surface area (Å²) in [6.07, 6.45) is 2.54. The van der Waals surface area contributed by atoms with Gasteiger partial charge in [0, 0.05) is 25.3 Å². The van der Waals surface area contributed by atoms with Gasteiger partial charge in [0.05, 0.1) is 0 Å². The van der Waals surface area contributed by atoms with E-state index in [2.05, 4.69) is 28.9 Å². The Kier molecular flexibility index (Phi) is 3.44. The maximum Gasteiger partial charge on any atom is 0.129 e. The summed E-state index contributed by atoms with van der Waals surface area (Å²) in [6.45, 7) is 7.21. The average molecular weight is 219 g/mol. The van der Waals surface area contributed by atoms with Crippen LogP contribution in [0.2, 0.25) is 0 Å². The summed E-state index contributed by atoms with van der Waals surface area (Å²) < 4.78 is 0. The number of hydrogen-bond donors (Lipinski definition) is 1. The third-order valence-electron chi connectivity index (χ3n) is 3.34. The minimum Gasteiger partial charge on any atom is -0.357 e. The van der Waals surface area contributed by atoms with E-state index in [9.17, 15) is 0 Å². The normalized spacial score (nSPS) is 17.8. The maximum absolute atomic E-state index is 5.69. The lowest BCUT2D eigenvalue weighted by Gasteiger charge is -2.31. The van der Waals surface area contributed by atoms with E-state index >= 15 is 0 Å². The molecular weight excluding hydrogens is 198 g/mol. The van der Waals surface area contributed by atoms with Crippen LogP contribution >= 0.6 is 0 Å². The van der Waals surface area contributed by atoms with Gasteiger partial charge < -0.3 is 10.6 Å². The van der Waals surface area contributed by atoms with E-state index in [4.69, 9.17) is 5.73 Å². The van der Waals surface area contributed by atoms with Crippen LogP contribution in [-0.4, -0.2) is 18.1 Å². The molecule has 1 saturated heterocycles. The van der Waals surface area contributed by atoms with Gasteiger partial charge in [-0.1, -0.05) is 6.92 Å². The van der Waals surface area contributed by atoms with Crippen molar-refractivity contribution in [1.29, 1.82) is 0 Å². The molecule has 1 fully saturated rings. The van der Waals surface area contributed by atoms with E-state index in [0.29, 0.717) is 6.54 Å². The van der Waals surface area contributed by atoms with Crippen LogP contribution in [0, 0.1) is 12.8 Å². The van der Waals surface area contributed by atoms with Gasteiger partial charge in [0.2, 0.25) is 0 Å². The molecule has 88 valence electrons. The molecule has 16 heavy (non-hydrogen) atoms. The summed E-state index contributed by atoms with van der Waals surface area (Å²) in [5.74, 6) is 1.96. The smallest absolute Gasteiger partial charge is 0.129 e. The van der Waals surface area contributed by atoms with Crippen molar-refractivity contribution in [1.82, 2.24) is 4.98 Å². The number of nitrogens with two attached hydrogens (primary N) is 1. The van der Waals surface area contributed by atoms with Crippen molar-refractivity contribution in [3.8, 4) is 0 Å². The highest BCUT2D eigenvalue weighted by atomic mass is 15.2. The zero-order chi connectivity index (χ0) is 11.5. The van der Waals surface area contributed by atoms with Crippen LogP contribution in [-0.2, 0) is 6.54 Å². The van der Waals surface area contributed by atoms with E-state index in [1.165, 1.54) is 18.4 Å². The van der Waals surface area contributed by atoms with Gasteiger partial charge in [0.1, 0.15) is 5.82 Å². The Balaban J connectivity index is 2.16. The monoisotopic (exact) mass is 219 g/mol. The van der Waals surface area contributed by atoms with Crippen LogP contribution in [0.3, 0.4) is 0 Å². The van der Waals surface area contributed by atoms with Crippen molar-refractivity contribution in [3.05, 3.63) is 23.4 Å². The van der Waals surface area contributed by atoms with Crippen molar-refractivity contribution < 1.29 is 0 Å². The number of nitrogens with zero attached hydrogens (tertiary/aromatic N) is 2. The molecule has 2 N–H and O–H groups in total. The molecule has 0 atom stereocenters. The standard InChI is InChI=1S/C13H21N3/c1-10-3-5-16(6-4-10)13-8-12(9-14)7-11(2)15-13/h7-8,10H,3-6,9,14H2,1-2H3. The Labute approximate surface area is 97.7 Å². The number of aromatic nitrogens is 1. The van der Waals surface area contributed by atoms with Gasteiger partial charge in [0.15, 0.2) is 0 Å². The summed E-state index contributed by atoms with van der Waals surface area (Å²) in [5.41, 5.74) is 7.94. The molecule has 0 aliphatic carbocycles. The fraction of sp³-hybridized carbons (Fsp3) is 0.615. The van der Waals surface area contributed by atoms with Gasteiger partial charge in [-0.15, -0.1) is 0 Å². The summed E-state index contributed by atoms with van der Waals surface area (Å²) in [6, 6.07) is 4.19. The molecule has 2 heterocycles. The Hall–Kier alpha value is -1.09. The van der Waals surface area contributed by atoms with Gasteiger partial charge >= 0.3 is 0 Å². The van der Waals surface area contributed by atoms with Crippen molar-refractivity contribution >= 4 is 5.82 Å². The molecule has 3 nitrogen and oxygen atoms in total. The van der Waals surface area contributed by atoms with Gasteiger partial charge in [-0.2, -0.15) is 0 Å². The molecule has 0 amide bonds. The fourth-order valence-corrected chi connectivity index (χ4v) is 2.24. The van der Waals surface area contributed by atoms with Gasteiger partial charge in [0.25, 0.3) is 0 Å². The lowest BCUT2D eigenvalue weighted by atomic mass is 9.99. The molecule has 1 aliphatic heterocycles. The SMILES string of the molecule is Cc1cc(CN)cc(N2CCC(C)CC2)n1. The fourth-order valence-electron chi connectivity index (χ4n) is 2.24. The molecule has 1 aromatic heterocycles. The van der Waals surface area contributed by atoms with Crippen LogP contribution in [0.4, 0.5) is 5.82 Å². The average Bonchev–Trinajstić information content (AvgIpc) is 2.29. The highest BCUT2D eigenvalue weighted by Gasteiger charge is 2.17. The van der Waals surface area contributed by atoms with E-state index < -0.39 is 0 Å². The topological polar surface area (TPSA) is 42.1 Å². The van der Waals surface area contributed by atoms with Crippen molar-refractivity contribution in [3.63, 3.8) is 0 Å². The molecule has 0 saturated carbocycles. The lowest BCUT2D eigenvalue weighted by Crippen LogP contribution is -2.33. The van der Waals surface area contributed by atoms with Gasteiger partial charge in [-0.05, 0) is 43.4 Å². The summed E-state index contributed by atoms with van der Waals surface area (Å²) in [5, 5.41) is 0. The lowest BCUT2D eigenvalue weighted by molar-refractivity contribution is 0.436. The van der Waals surface area contributed by atoms with Gasteiger partial charge in [-0.25, -0.2) is 4.98 Å². The number of aryl methyl sites for hydroxylation is 1. The van der Waals surface area contributed by atoms with E-state index in [0.717, 1.165) is 30.5 Å². The highest BCUT2D eigenvalue weighted by molar-refractivity contribution is 5.43. The van der Waals surface area contributed by atoms with Crippen molar-refractivity contribution in [2.75, 3.05) is 18.0 Å². The Morgan fingerprint density at radius 2 is 2.06 bits per heavy atom. The number of piperidine rings is 1. The summed E-state index contributed by atoms with van der Waals surface area (Å²) >= 11 is 0. The minimum atomic E-state index is 0.598. The second kappa shape index (κ2) is 4.83. The van der Waals surface area contributed by atoms with E-state index in [1.54, 1.807) is 0 Å². The maximum atomic E-state index is 5.69. The second-order valence-electron chi connectivity index (χ2n) is 4.85. The first-order chi connectivity index (χ1) is 7.69. The highest BCUT2D eigenvalue weighted by Crippen LogP contribution is 2.22. The number of pyridine rings is 1. The van der Waals surface area contributed by atoms with Crippen LogP contribution in [0.15, 0.2) is 12.1 Å². The molecule has 0 unspecified atom stereocenters. The minimum absolute atomic E-state index is 0.598. The molecule has 0 aromatic carbocycles. The molecule has 0 radical (unpaired) electrons. The second-order valence-corrected chi connectivity index (χ2v) is 4.85. The van der Waals surface area contributed by atoms with E-state index in [-0.39, 0.29) is 0 Å². The predicted molar refractivity (Wildman–Crippen MR) is 67.5 cm³/mol. The van der Waals surface area contributed by atoms with Gasteiger partial charge in [-0.3, -0.25) is 0 Å². The number of rotatable bonds is 2. The Morgan fingerprint density at radius 3 is 2.69 bits per heavy atom. The zero-order valence-corrected chi connectivity index (χ0v) is 10.2. The Morgan fingerprint density at radius 1 is 1.38 bits per heavy atom. The summed E-state index contributed by atoms with van der Waals surface area (Å²) in [4.78, 5) is 6.98. The first kappa shape index (κ1) is 11.4. The van der Waals surface area contributed by atoms with Crippen LogP contribution in [0.25, 0.3) is 0 Å². The number of anilines is 1. The van der Waals surface area contributed by atoms with E-state index in [1.807, 2.05) is 6.92 Å². The summed E-state index contributed by atoms with van der Waals surface area (Å²) in [7, 11) is 0. The third-order valence-corrected chi connectivity index (χ3v) is 3.34. The molecule has 3 heteroatoms. The van der Waals surface area contributed by atoms with Crippen LogP contribution in [0.1, 0.15) is 31.0 Å². The quantitative estimate of drug-likeness (QED) is 0.828. The zero-order valence-electron chi connectivity index (χ0n) is 10.2. The molecule has 0 bridgehead atoms. The molecule has 1 aromatic rings. The third kappa shape index (κ3) is 2.53. The molecule has 2 rings (SSSR count). The first-order valence-corrected chi connectivity index (χ1v) is 6.11. The molecule has 1 aliphatic rings. The predicted octanol–water partition coefficient (Wildman–Crippen LogP) is 2.09. The molecule has 0 spiro atoms.